The van der Waals surface area contributed by atoms with Gasteiger partial charge in [0.25, 0.3) is 0 Å². The maximum atomic E-state index is 5.54. The van der Waals surface area contributed by atoms with Crippen molar-refractivity contribution in [1.29, 1.82) is 0 Å². The van der Waals surface area contributed by atoms with Crippen LogP contribution in [0.3, 0.4) is 0 Å². The average Bonchev–Trinajstić information content (AvgIpc) is 2.96. The van der Waals surface area contributed by atoms with E-state index in [0.717, 1.165) is 24.0 Å². The van der Waals surface area contributed by atoms with E-state index in [1.54, 1.807) is 11.1 Å². The molecule has 3 heteroatoms. The Morgan fingerprint density at radius 2 is 1.92 bits per heavy atom. The minimum Gasteiger partial charge on any atom is -0.454 e. The van der Waals surface area contributed by atoms with Crippen LogP contribution in [-0.4, -0.2) is 24.3 Å². The molecule has 3 unspecified atom stereocenters. The monoisotopic (exact) mass is 319 g/mol. The van der Waals surface area contributed by atoms with Gasteiger partial charge in [-0.05, 0) is 59.4 Å². The Morgan fingerprint density at radius 3 is 2.88 bits per heavy atom. The van der Waals surface area contributed by atoms with Crippen molar-refractivity contribution in [3.05, 3.63) is 59.2 Å². The fraction of sp³-hybridized carbons (Fsp3) is 0.429. The highest BCUT2D eigenvalue weighted by molar-refractivity contribution is 5.45. The van der Waals surface area contributed by atoms with Crippen molar-refractivity contribution >= 4 is 0 Å². The fourth-order valence-electron chi connectivity index (χ4n) is 5.44. The number of benzene rings is 2. The first-order valence-electron chi connectivity index (χ1n) is 9.01. The summed E-state index contributed by atoms with van der Waals surface area (Å²) in [5, 5.41) is 0. The van der Waals surface area contributed by atoms with Crippen LogP contribution < -0.4 is 9.47 Å². The van der Waals surface area contributed by atoms with Crippen LogP contribution in [0.2, 0.25) is 0 Å². The lowest BCUT2D eigenvalue weighted by molar-refractivity contribution is 0.164. The van der Waals surface area contributed by atoms with Gasteiger partial charge in [-0.3, -0.25) is 4.90 Å². The minimum atomic E-state index is 0.354. The van der Waals surface area contributed by atoms with Crippen molar-refractivity contribution in [3.8, 4) is 11.5 Å². The molecule has 3 atom stereocenters. The second-order valence-corrected chi connectivity index (χ2v) is 7.92. The van der Waals surface area contributed by atoms with Gasteiger partial charge >= 0.3 is 0 Å². The second-order valence-electron chi connectivity index (χ2n) is 7.92. The highest BCUT2D eigenvalue weighted by atomic mass is 16.7. The maximum absolute atomic E-state index is 5.54. The molecule has 2 aliphatic heterocycles. The van der Waals surface area contributed by atoms with E-state index in [1.165, 1.54) is 31.4 Å². The normalized spacial score (nSPS) is 32.2. The van der Waals surface area contributed by atoms with Gasteiger partial charge in [-0.1, -0.05) is 30.3 Å². The molecule has 3 nitrogen and oxygen atoms in total. The molecule has 1 saturated heterocycles. The molecule has 0 amide bonds. The van der Waals surface area contributed by atoms with E-state index in [0.29, 0.717) is 18.2 Å². The van der Waals surface area contributed by atoms with Crippen molar-refractivity contribution in [2.45, 2.75) is 31.8 Å². The number of rotatable bonds is 2. The second kappa shape index (κ2) is 4.54. The van der Waals surface area contributed by atoms with Gasteiger partial charge in [0.05, 0.1) is 0 Å². The van der Waals surface area contributed by atoms with E-state index in [9.17, 15) is 0 Å². The average molecular weight is 319 g/mol. The summed E-state index contributed by atoms with van der Waals surface area (Å²) in [5.41, 5.74) is 5.08. The Hall–Kier alpha value is -2.00. The molecule has 122 valence electrons. The molecule has 1 spiro atoms. The zero-order valence-electron chi connectivity index (χ0n) is 13.7. The molecule has 2 aromatic rings. The largest absolute Gasteiger partial charge is 0.454 e. The molecular weight excluding hydrogens is 298 g/mol. The lowest BCUT2D eigenvalue weighted by atomic mass is 9.77. The first kappa shape index (κ1) is 13.3. The minimum absolute atomic E-state index is 0.354. The summed E-state index contributed by atoms with van der Waals surface area (Å²) in [6.07, 6.45) is 3.94. The summed E-state index contributed by atoms with van der Waals surface area (Å²) < 4.78 is 11.0. The van der Waals surface area contributed by atoms with Gasteiger partial charge in [0.2, 0.25) is 6.79 Å². The molecule has 4 aliphatic rings. The Bertz CT molecular complexity index is 832. The van der Waals surface area contributed by atoms with Crippen LogP contribution in [0, 0.1) is 11.3 Å². The number of hydrogen-bond acceptors (Lipinski definition) is 3. The smallest absolute Gasteiger partial charge is 0.231 e. The van der Waals surface area contributed by atoms with Gasteiger partial charge in [-0.25, -0.2) is 0 Å². The van der Waals surface area contributed by atoms with Crippen LogP contribution in [-0.2, 0) is 19.4 Å². The van der Waals surface area contributed by atoms with Crippen molar-refractivity contribution in [1.82, 2.24) is 4.90 Å². The van der Waals surface area contributed by atoms with Crippen molar-refractivity contribution < 1.29 is 9.47 Å². The topological polar surface area (TPSA) is 21.7 Å². The summed E-state index contributed by atoms with van der Waals surface area (Å²) in [6, 6.07) is 16.2. The van der Waals surface area contributed by atoms with Crippen LogP contribution in [0.5, 0.6) is 11.5 Å². The summed E-state index contributed by atoms with van der Waals surface area (Å²) in [7, 11) is 0. The number of ether oxygens (including phenoxy) is 2. The standard InChI is InChI=1S/C21H21NO2/c1-2-4-16-9-21-10-17(21)12-22(20(21)8-15(16)3-1)11-14-5-6-18-19(7-14)24-13-23-18/h1-7,17,20H,8-13H2. The maximum Gasteiger partial charge on any atom is 0.231 e. The molecule has 0 N–H and O–H groups in total. The first-order valence-corrected chi connectivity index (χ1v) is 9.01. The number of hydrogen-bond donors (Lipinski definition) is 0. The zero-order chi connectivity index (χ0) is 15.7. The molecule has 2 fully saturated rings. The van der Waals surface area contributed by atoms with Gasteiger partial charge in [0.15, 0.2) is 11.5 Å². The quantitative estimate of drug-likeness (QED) is 0.847. The Morgan fingerprint density at radius 1 is 1.04 bits per heavy atom. The third kappa shape index (κ3) is 1.76. The first-order chi connectivity index (χ1) is 11.8. The van der Waals surface area contributed by atoms with Gasteiger partial charge in [-0.2, -0.15) is 0 Å². The Balaban J connectivity index is 1.29. The van der Waals surface area contributed by atoms with Crippen LogP contribution in [0.4, 0.5) is 0 Å². The van der Waals surface area contributed by atoms with E-state index in [1.807, 2.05) is 0 Å². The summed E-state index contributed by atoms with van der Waals surface area (Å²) in [4.78, 5) is 2.72. The van der Waals surface area contributed by atoms with E-state index >= 15 is 0 Å². The van der Waals surface area contributed by atoms with Gasteiger partial charge < -0.3 is 9.47 Å². The summed E-state index contributed by atoms with van der Waals surface area (Å²) >= 11 is 0. The molecule has 0 radical (unpaired) electrons. The Labute approximate surface area is 142 Å². The van der Waals surface area contributed by atoms with E-state index in [-0.39, 0.29) is 0 Å². The SMILES string of the molecule is c1ccc2c(c1)CC1N(Cc3ccc4c(c3)OCO4)CC3CC31C2. The molecule has 6 rings (SSSR count). The fourth-order valence-corrected chi connectivity index (χ4v) is 5.44. The molecule has 24 heavy (non-hydrogen) atoms. The van der Waals surface area contributed by atoms with Gasteiger partial charge in [-0.15, -0.1) is 0 Å². The highest BCUT2D eigenvalue weighted by Gasteiger charge is 2.66. The highest BCUT2D eigenvalue weighted by Crippen LogP contribution is 2.65. The number of likely N-dealkylation sites (tertiary alicyclic amines) is 1. The molecule has 2 heterocycles. The van der Waals surface area contributed by atoms with Crippen LogP contribution >= 0.6 is 0 Å². The molecule has 2 aliphatic carbocycles. The molecule has 1 saturated carbocycles. The van der Waals surface area contributed by atoms with Gasteiger partial charge in [0.1, 0.15) is 0 Å². The van der Waals surface area contributed by atoms with Gasteiger partial charge in [0, 0.05) is 19.1 Å². The van der Waals surface area contributed by atoms with Crippen molar-refractivity contribution in [3.63, 3.8) is 0 Å². The predicted molar refractivity (Wildman–Crippen MR) is 91.2 cm³/mol. The van der Waals surface area contributed by atoms with Crippen molar-refractivity contribution in [2.24, 2.45) is 11.3 Å². The van der Waals surface area contributed by atoms with Crippen LogP contribution in [0.15, 0.2) is 42.5 Å². The lowest BCUT2D eigenvalue weighted by Crippen LogP contribution is -2.41. The van der Waals surface area contributed by atoms with E-state index in [4.69, 9.17) is 9.47 Å². The molecule has 0 bridgehead atoms. The molecule has 2 aromatic carbocycles. The summed E-state index contributed by atoms with van der Waals surface area (Å²) in [5.74, 6) is 2.69. The van der Waals surface area contributed by atoms with Crippen LogP contribution in [0.1, 0.15) is 23.1 Å². The Kier molecular flexibility index (Phi) is 2.52. The molecular formula is C21H21NO2. The van der Waals surface area contributed by atoms with E-state index < -0.39 is 0 Å². The third-order valence-electron chi connectivity index (χ3n) is 6.71. The third-order valence-corrected chi connectivity index (χ3v) is 6.71. The number of fused-ring (bicyclic) bond motifs is 2. The number of nitrogens with zero attached hydrogens (tertiary/aromatic N) is 1. The molecule has 0 aromatic heterocycles. The predicted octanol–water partition coefficient (Wildman–Crippen LogP) is 3.40. The van der Waals surface area contributed by atoms with Crippen LogP contribution in [0.25, 0.3) is 0 Å². The lowest BCUT2D eigenvalue weighted by Gasteiger charge is -2.37. The number of piperidine rings is 1. The zero-order valence-corrected chi connectivity index (χ0v) is 13.7. The summed E-state index contributed by atoms with van der Waals surface area (Å²) in [6.45, 7) is 2.64. The van der Waals surface area contributed by atoms with Crippen molar-refractivity contribution in [2.75, 3.05) is 13.3 Å². The van der Waals surface area contributed by atoms with E-state index in [2.05, 4.69) is 47.4 Å².